The van der Waals surface area contributed by atoms with Crippen LogP contribution in [-0.2, 0) is 16.6 Å². The first-order valence-electron chi connectivity index (χ1n) is 11.6. The van der Waals surface area contributed by atoms with E-state index in [1.54, 1.807) is 35.1 Å². The fourth-order valence-corrected chi connectivity index (χ4v) is 5.17. The van der Waals surface area contributed by atoms with Crippen molar-refractivity contribution in [2.45, 2.75) is 6.61 Å². The fourth-order valence-electron chi connectivity index (χ4n) is 4.62. The lowest BCUT2D eigenvalue weighted by Gasteiger charge is -2.12. The quantitative estimate of drug-likeness (QED) is 0.320. The van der Waals surface area contributed by atoms with Gasteiger partial charge in [0.1, 0.15) is 18.2 Å². The number of nitrogens with zero attached hydrogens (tertiary/aromatic N) is 2. The maximum atomic E-state index is 13.5. The van der Waals surface area contributed by atoms with Gasteiger partial charge in [-0.25, -0.2) is 17.5 Å². The minimum Gasteiger partial charge on any atom is -0.488 e. The van der Waals surface area contributed by atoms with E-state index in [9.17, 15) is 12.8 Å². The number of halogens is 1. The van der Waals surface area contributed by atoms with Gasteiger partial charge in [-0.05, 0) is 82.9 Å². The van der Waals surface area contributed by atoms with Crippen LogP contribution in [0.3, 0.4) is 0 Å². The highest BCUT2D eigenvalue weighted by Crippen LogP contribution is 2.39. The van der Waals surface area contributed by atoms with Crippen molar-refractivity contribution >= 4 is 38.3 Å². The van der Waals surface area contributed by atoms with Gasteiger partial charge in [0.15, 0.2) is 0 Å². The number of hydrogen-bond acceptors (Lipinski definition) is 4. The minimum absolute atomic E-state index is 0.300. The SMILES string of the molecule is CS(=O)(=O)Nc1cccc(C=C2c3cc4cnn(-c5ccc(F)cc5)c4cc3COc3ccccc32)c1. The molecule has 1 aliphatic rings. The molecule has 5 aromatic rings. The highest BCUT2D eigenvalue weighted by atomic mass is 32.2. The third kappa shape index (κ3) is 4.59. The molecule has 184 valence electrons. The smallest absolute Gasteiger partial charge is 0.229 e. The van der Waals surface area contributed by atoms with Gasteiger partial charge in [0.25, 0.3) is 0 Å². The Morgan fingerprint density at radius 3 is 2.59 bits per heavy atom. The number of rotatable bonds is 4. The second-order valence-electron chi connectivity index (χ2n) is 8.94. The Balaban J connectivity index is 1.53. The summed E-state index contributed by atoms with van der Waals surface area (Å²) in [7, 11) is -3.40. The van der Waals surface area contributed by atoms with Gasteiger partial charge in [-0.1, -0.05) is 30.3 Å². The van der Waals surface area contributed by atoms with Crippen molar-refractivity contribution in [1.29, 1.82) is 0 Å². The lowest BCUT2D eigenvalue weighted by Crippen LogP contribution is -2.09. The number of ether oxygens (including phenoxy) is 1. The minimum atomic E-state index is -3.40. The number of para-hydroxylation sites is 1. The molecule has 8 heteroatoms. The van der Waals surface area contributed by atoms with E-state index in [0.717, 1.165) is 56.4 Å². The Morgan fingerprint density at radius 2 is 1.78 bits per heavy atom. The summed E-state index contributed by atoms with van der Waals surface area (Å²) >= 11 is 0. The molecular weight excluding hydrogens is 489 g/mol. The van der Waals surface area contributed by atoms with Crippen LogP contribution in [-0.4, -0.2) is 24.5 Å². The third-order valence-corrected chi connectivity index (χ3v) is 6.82. The number of anilines is 1. The number of benzene rings is 4. The van der Waals surface area contributed by atoms with Gasteiger partial charge >= 0.3 is 0 Å². The summed E-state index contributed by atoms with van der Waals surface area (Å²) < 4.78 is 47.5. The first kappa shape index (κ1) is 23.0. The first-order valence-corrected chi connectivity index (χ1v) is 13.5. The van der Waals surface area contributed by atoms with E-state index in [2.05, 4.69) is 22.0 Å². The Kier molecular flexibility index (Phi) is 5.53. The maximum Gasteiger partial charge on any atom is 0.229 e. The molecule has 0 saturated heterocycles. The van der Waals surface area contributed by atoms with Crippen LogP contribution in [0.5, 0.6) is 5.75 Å². The zero-order valence-corrected chi connectivity index (χ0v) is 20.7. The largest absolute Gasteiger partial charge is 0.488 e. The molecule has 0 fully saturated rings. The molecule has 6 rings (SSSR count). The number of hydrogen-bond donors (Lipinski definition) is 1. The van der Waals surface area contributed by atoms with Crippen LogP contribution in [0.15, 0.2) is 91.1 Å². The van der Waals surface area contributed by atoms with Gasteiger partial charge < -0.3 is 4.74 Å². The van der Waals surface area contributed by atoms with E-state index >= 15 is 0 Å². The molecule has 1 N–H and O–H groups in total. The number of fused-ring (bicyclic) bond motifs is 3. The molecule has 0 saturated carbocycles. The molecule has 0 unspecified atom stereocenters. The molecular formula is C29H22FN3O3S. The lowest BCUT2D eigenvalue weighted by molar-refractivity contribution is 0.307. The zero-order valence-electron chi connectivity index (χ0n) is 19.9. The molecule has 6 nitrogen and oxygen atoms in total. The molecule has 0 radical (unpaired) electrons. The molecule has 2 heterocycles. The molecule has 0 spiro atoms. The van der Waals surface area contributed by atoms with Crippen LogP contribution in [0.2, 0.25) is 0 Å². The maximum absolute atomic E-state index is 13.5. The number of aromatic nitrogens is 2. The van der Waals surface area contributed by atoms with E-state index in [1.807, 2.05) is 42.5 Å². The molecule has 1 aliphatic heterocycles. The van der Waals surface area contributed by atoms with E-state index in [4.69, 9.17) is 4.74 Å². The average Bonchev–Trinajstić information content (AvgIpc) is 3.21. The monoisotopic (exact) mass is 511 g/mol. The molecule has 1 aromatic heterocycles. The van der Waals surface area contributed by atoms with Crippen molar-refractivity contribution in [2.24, 2.45) is 0 Å². The summed E-state index contributed by atoms with van der Waals surface area (Å²) in [5, 5.41) is 5.49. The highest BCUT2D eigenvalue weighted by molar-refractivity contribution is 7.92. The molecule has 0 aliphatic carbocycles. The van der Waals surface area contributed by atoms with Gasteiger partial charge in [-0.2, -0.15) is 5.10 Å². The van der Waals surface area contributed by atoms with Crippen molar-refractivity contribution in [1.82, 2.24) is 9.78 Å². The third-order valence-electron chi connectivity index (χ3n) is 6.22. The van der Waals surface area contributed by atoms with Crippen LogP contribution in [0, 0.1) is 5.82 Å². The molecule has 0 atom stereocenters. The molecule has 0 amide bonds. The Morgan fingerprint density at radius 1 is 0.973 bits per heavy atom. The zero-order chi connectivity index (χ0) is 25.6. The predicted molar refractivity (Wildman–Crippen MR) is 144 cm³/mol. The number of nitrogens with one attached hydrogen (secondary N) is 1. The average molecular weight is 512 g/mol. The molecule has 0 bridgehead atoms. The highest BCUT2D eigenvalue weighted by Gasteiger charge is 2.21. The van der Waals surface area contributed by atoms with Crippen molar-refractivity contribution in [2.75, 3.05) is 11.0 Å². The summed E-state index contributed by atoms with van der Waals surface area (Å²) in [6, 6.07) is 25.5. The van der Waals surface area contributed by atoms with Gasteiger partial charge in [0.05, 0.1) is 23.7 Å². The van der Waals surface area contributed by atoms with Gasteiger partial charge in [0.2, 0.25) is 10.0 Å². The van der Waals surface area contributed by atoms with Crippen molar-refractivity contribution in [3.63, 3.8) is 0 Å². The molecule has 37 heavy (non-hydrogen) atoms. The van der Waals surface area contributed by atoms with Crippen LogP contribution >= 0.6 is 0 Å². The molecule has 4 aromatic carbocycles. The normalized spacial score (nSPS) is 14.1. The predicted octanol–water partition coefficient (Wildman–Crippen LogP) is 6.02. The van der Waals surface area contributed by atoms with Crippen LogP contribution in [0.25, 0.3) is 28.2 Å². The Bertz CT molecular complexity index is 1790. The van der Waals surface area contributed by atoms with Crippen LogP contribution in [0.1, 0.15) is 22.3 Å². The van der Waals surface area contributed by atoms with E-state index < -0.39 is 10.0 Å². The second-order valence-corrected chi connectivity index (χ2v) is 10.7. The summed E-state index contributed by atoms with van der Waals surface area (Å²) in [4.78, 5) is 0. The fraction of sp³-hybridized carbons (Fsp3) is 0.0690. The van der Waals surface area contributed by atoms with E-state index in [0.29, 0.717) is 12.3 Å². The van der Waals surface area contributed by atoms with E-state index in [1.165, 1.54) is 12.1 Å². The topological polar surface area (TPSA) is 73.2 Å². The van der Waals surface area contributed by atoms with Crippen LogP contribution in [0.4, 0.5) is 10.1 Å². The van der Waals surface area contributed by atoms with Crippen molar-refractivity contribution in [3.8, 4) is 11.4 Å². The lowest BCUT2D eigenvalue weighted by atomic mass is 9.91. The Hall–Kier alpha value is -4.43. The number of sulfonamides is 1. The van der Waals surface area contributed by atoms with Gasteiger partial charge in [-0.15, -0.1) is 0 Å². The standard InChI is InChI=1S/C29H22FN3O3S/c1-37(34,35)32-23-6-4-5-19(13-23)14-27-25-7-2-3-8-29(25)36-18-21-16-28-20(15-26(21)27)17-31-33(28)24-11-9-22(30)10-12-24/h2-17,32H,18H2,1H3. The summed E-state index contributed by atoms with van der Waals surface area (Å²) in [5.41, 5.74) is 6.85. The summed E-state index contributed by atoms with van der Waals surface area (Å²) in [6.07, 6.45) is 4.96. The first-order chi connectivity index (χ1) is 17.8. The van der Waals surface area contributed by atoms with Gasteiger partial charge in [0, 0.05) is 16.6 Å². The Labute approximate surface area is 213 Å². The summed E-state index contributed by atoms with van der Waals surface area (Å²) in [5.74, 6) is 0.463. The van der Waals surface area contributed by atoms with Crippen molar-refractivity contribution < 1.29 is 17.5 Å². The van der Waals surface area contributed by atoms with Crippen molar-refractivity contribution in [3.05, 3.63) is 119 Å². The summed E-state index contributed by atoms with van der Waals surface area (Å²) in [6.45, 7) is 0.365. The van der Waals surface area contributed by atoms with E-state index in [-0.39, 0.29) is 5.82 Å². The van der Waals surface area contributed by atoms with Crippen LogP contribution < -0.4 is 9.46 Å². The second kappa shape index (κ2) is 8.90. The van der Waals surface area contributed by atoms with Gasteiger partial charge in [-0.3, -0.25) is 4.72 Å².